The number of halogens is 2. The Bertz CT molecular complexity index is 407. The van der Waals surface area contributed by atoms with Gasteiger partial charge in [0.25, 0.3) is 0 Å². The lowest BCUT2D eigenvalue weighted by Crippen LogP contribution is -2.30. The normalized spacial score (nSPS) is 26.0. The maximum atomic E-state index is 6.49. The molecule has 1 aliphatic carbocycles. The van der Waals surface area contributed by atoms with Crippen LogP contribution >= 0.6 is 27.5 Å². The lowest BCUT2D eigenvalue weighted by atomic mass is 9.72. The highest BCUT2D eigenvalue weighted by Gasteiger charge is 2.30. The molecule has 1 saturated carbocycles. The minimum atomic E-state index is 0.0795. The monoisotopic (exact) mass is 329 g/mol. The Hall–Kier alpha value is -0.0500. The molecule has 0 bridgehead atoms. The number of benzene rings is 1. The summed E-state index contributed by atoms with van der Waals surface area (Å²) in [7, 11) is 0. The third kappa shape index (κ3) is 3.09. The summed E-state index contributed by atoms with van der Waals surface area (Å²) in [4.78, 5) is 0. The number of nitrogens with two attached hydrogens (primary N) is 1. The molecule has 0 heterocycles. The van der Waals surface area contributed by atoms with E-state index in [0.717, 1.165) is 21.0 Å². The molecule has 3 unspecified atom stereocenters. The second-order valence-corrected chi connectivity index (χ2v) is 6.63. The fourth-order valence-electron chi connectivity index (χ4n) is 3.22. The van der Waals surface area contributed by atoms with Gasteiger partial charge in [-0.15, -0.1) is 0 Å². The molecule has 3 heteroatoms. The van der Waals surface area contributed by atoms with Crippen LogP contribution in [-0.2, 0) is 0 Å². The summed E-state index contributed by atoms with van der Waals surface area (Å²) in [6.07, 6.45) is 6.46. The third-order valence-electron chi connectivity index (χ3n) is 4.28. The Morgan fingerprint density at radius 1 is 1.39 bits per heavy atom. The van der Waals surface area contributed by atoms with Crippen LogP contribution in [0.4, 0.5) is 0 Å². The van der Waals surface area contributed by atoms with Crippen molar-refractivity contribution in [2.24, 2.45) is 17.6 Å². The summed E-state index contributed by atoms with van der Waals surface area (Å²) < 4.78 is 1.01. The van der Waals surface area contributed by atoms with Gasteiger partial charge in [0.2, 0.25) is 0 Å². The van der Waals surface area contributed by atoms with Gasteiger partial charge < -0.3 is 5.73 Å². The predicted molar refractivity (Wildman–Crippen MR) is 81.8 cm³/mol. The molecule has 0 spiro atoms. The predicted octanol–water partition coefficient (Wildman–Crippen LogP) is 5.32. The molecule has 1 nitrogen and oxygen atoms in total. The summed E-state index contributed by atoms with van der Waals surface area (Å²) in [6, 6.07) is 6.12. The van der Waals surface area contributed by atoms with Crippen LogP contribution < -0.4 is 5.73 Å². The minimum Gasteiger partial charge on any atom is -0.324 e. The first-order valence-corrected chi connectivity index (χ1v) is 8.01. The first-order chi connectivity index (χ1) is 8.63. The van der Waals surface area contributed by atoms with Gasteiger partial charge >= 0.3 is 0 Å². The van der Waals surface area contributed by atoms with E-state index in [-0.39, 0.29) is 6.04 Å². The van der Waals surface area contributed by atoms with Crippen LogP contribution in [0, 0.1) is 11.8 Å². The van der Waals surface area contributed by atoms with Gasteiger partial charge in [0.05, 0.1) is 0 Å². The summed E-state index contributed by atoms with van der Waals surface area (Å²) >= 11 is 9.77. The smallest absolute Gasteiger partial charge is 0.0465 e. The second-order valence-electron chi connectivity index (χ2n) is 5.31. The topological polar surface area (TPSA) is 26.0 Å². The van der Waals surface area contributed by atoms with E-state index in [1.54, 1.807) is 0 Å². The molecule has 0 aliphatic heterocycles. The molecule has 1 aromatic carbocycles. The molecule has 1 aromatic rings. The summed E-state index contributed by atoms with van der Waals surface area (Å²) in [5.41, 5.74) is 7.59. The molecule has 1 fully saturated rings. The van der Waals surface area contributed by atoms with E-state index in [2.05, 4.69) is 28.9 Å². The third-order valence-corrected chi connectivity index (χ3v) is 5.10. The van der Waals surface area contributed by atoms with Crippen LogP contribution in [0.25, 0.3) is 0 Å². The van der Waals surface area contributed by atoms with Crippen LogP contribution in [0.1, 0.15) is 50.6 Å². The zero-order chi connectivity index (χ0) is 13.1. The van der Waals surface area contributed by atoms with E-state index in [1.807, 2.05) is 12.1 Å². The minimum absolute atomic E-state index is 0.0795. The zero-order valence-corrected chi connectivity index (χ0v) is 13.2. The Balaban J connectivity index is 2.20. The SMILES string of the molecule is CCC1CCCCC1C(N)c1ccc(Br)cc1Cl. The molecule has 1 aliphatic rings. The Labute approximate surface area is 123 Å². The second kappa shape index (κ2) is 6.40. The highest BCUT2D eigenvalue weighted by atomic mass is 79.9. The quantitative estimate of drug-likeness (QED) is 0.797. The molecular formula is C15H21BrClN. The molecule has 2 N–H and O–H groups in total. The van der Waals surface area contributed by atoms with Crippen molar-refractivity contribution in [2.45, 2.75) is 45.1 Å². The van der Waals surface area contributed by atoms with Crippen molar-refractivity contribution < 1.29 is 0 Å². The van der Waals surface area contributed by atoms with Crippen molar-refractivity contribution in [3.05, 3.63) is 33.3 Å². The standard InChI is InChI=1S/C15H21BrClN/c1-2-10-5-3-4-6-12(10)15(18)13-8-7-11(16)9-14(13)17/h7-10,12,15H,2-6,18H2,1H3. The maximum Gasteiger partial charge on any atom is 0.0465 e. The van der Waals surface area contributed by atoms with E-state index in [4.69, 9.17) is 17.3 Å². The zero-order valence-electron chi connectivity index (χ0n) is 10.8. The van der Waals surface area contributed by atoms with E-state index >= 15 is 0 Å². The van der Waals surface area contributed by atoms with Crippen LogP contribution in [0.15, 0.2) is 22.7 Å². The maximum absolute atomic E-state index is 6.49. The highest BCUT2D eigenvalue weighted by Crippen LogP contribution is 2.41. The van der Waals surface area contributed by atoms with Crippen molar-refractivity contribution in [2.75, 3.05) is 0 Å². The first kappa shape index (κ1) is 14.4. The lowest BCUT2D eigenvalue weighted by Gasteiger charge is -2.35. The molecule has 3 atom stereocenters. The summed E-state index contributed by atoms with van der Waals surface area (Å²) in [5, 5.41) is 0.789. The average molecular weight is 331 g/mol. The van der Waals surface area contributed by atoms with Crippen LogP contribution in [-0.4, -0.2) is 0 Å². The van der Waals surface area contributed by atoms with E-state index in [1.165, 1.54) is 32.1 Å². The number of hydrogen-bond acceptors (Lipinski definition) is 1. The Morgan fingerprint density at radius 2 is 2.11 bits per heavy atom. The van der Waals surface area contributed by atoms with Crippen LogP contribution in [0.2, 0.25) is 5.02 Å². The number of hydrogen-bond donors (Lipinski definition) is 1. The molecule has 0 amide bonds. The average Bonchev–Trinajstić information content (AvgIpc) is 2.38. The highest BCUT2D eigenvalue weighted by molar-refractivity contribution is 9.10. The summed E-state index contributed by atoms with van der Waals surface area (Å²) in [5.74, 6) is 1.34. The molecule has 0 saturated heterocycles. The van der Waals surface area contributed by atoms with Crippen molar-refractivity contribution in [1.82, 2.24) is 0 Å². The first-order valence-electron chi connectivity index (χ1n) is 6.84. The van der Waals surface area contributed by atoms with Crippen molar-refractivity contribution in [3.8, 4) is 0 Å². The largest absolute Gasteiger partial charge is 0.324 e. The van der Waals surface area contributed by atoms with Crippen molar-refractivity contribution in [1.29, 1.82) is 0 Å². The van der Waals surface area contributed by atoms with Gasteiger partial charge in [-0.25, -0.2) is 0 Å². The fourth-order valence-corrected chi connectivity index (χ4v) is 4.02. The molecule has 0 radical (unpaired) electrons. The van der Waals surface area contributed by atoms with Crippen LogP contribution in [0.5, 0.6) is 0 Å². The Morgan fingerprint density at radius 3 is 2.78 bits per heavy atom. The number of rotatable bonds is 3. The van der Waals surface area contributed by atoms with Gasteiger partial charge in [0.15, 0.2) is 0 Å². The van der Waals surface area contributed by atoms with Gasteiger partial charge in [-0.3, -0.25) is 0 Å². The molecule has 100 valence electrons. The summed E-state index contributed by atoms with van der Waals surface area (Å²) in [6.45, 7) is 2.28. The fraction of sp³-hybridized carbons (Fsp3) is 0.600. The van der Waals surface area contributed by atoms with Crippen LogP contribution in [0.3, 0.4) is 0 Å². The van der Waals surface area contributed by atoms with E-state index < -0.39 is 0 Å². The van der Waals surface area contributed by atoms with Crippen molar-refractivity contribution in [3.63, 3.8) is 0 Å². The van der Waals surface area contributed by atoms with Crippen molar-refractivity contribution >= 4 is 27.5 Å². The molecule has 0 aromatic heterocycles. The lowest BCUT2D eigenvalue weighted by molar-refractivity contribution is 0.196. The van der Waals surface area contributed by atoms with E-state index in [9.17, 15) is 0 Å². The Kier molecular flexibility index (Phi) is 5.11. The molecule has 2 rings (SSSR count). The molecular weight excluding hydrogens is 310 g/mol. The van der Waals surface area contributed by atoms with Gasteiger partial charge in [0, 0.05) is 15.5 Å². The van der Waals surface area contributed by atoms with E-state index in [0.29, 0.717) is 5.92 Å². The van der Waals surface area contributed by atoms with Gasteiger partial charge in [0.1, 0.15) is 0 Å². The van der Waals surface area contributed by atoms with Gasteiger partial charge in [-0.2, -0.15) is 0 Å². The van der Waals surface area contributed by atoms with Gasteiger partial charge in [-0.05, 0) is 36.0 Å². The molecule has 18 heavy (non-hydrogen) atoms. The van der Waals surface area contributed by atoms with Gasteiger partial charge in [-0.1, -0.05) is 66.2 Å².